The molecule has 0 fully saturated rings. The molecule has 0 saturated carbocycles. The van der Waals surface area contributed by atoms with E-state index in [0.29, 0.717) is 0 Å². The number of rotatable bonds is 2. The van der Waals surface area contributed by atoms with Crippen molar-refractivity contribution in [2.75, 3.05) is 7.11 Å². The summed E-state index contributed by atoms with van der Waals surface area (Å²) < 4.78 is 43.7. The SMILES string of the molecule is COC(=O)c1cc(OC(F)(F)F)cnc1Br. The molecule has 1 aromatic heterocycles. The third kappa shape index (κ3) is 3.37. The van der Waals surface area contributed by atoms with Crippen molar-refractivity contribution in [1.29, 1.82) is 0 Å². The summed E-state index contributed by atoms with van der Waals surface area (Å²) in [6.07, 6.45) is -3.99. The Labute approximate surface area is 96.5 Å². The van der Waals surface area contributed by atoms with Crippen LogP contribution in [0.25, 0.3) is 0 Å². The van der Waals surface area contributed by atoms with E-state index >= 15 is 0 Å². The van der Waals surface area contributed by atoms with Crippen LogP contribution in [-0.2, 0) is 4.74 Å². The number of methoxy groups -OCH3 is 1. The average Bonchev–Trinajstić information content (AvgIpc) is 2.18. The van der Waals surface area contributed by atoms with Crippen LogP contribution >= 0.6 is 15.9 Å². The van der Waals surface area contributed by atoms with Crippen molar-refractivity contribution in [3.63, 3.8) is 0 Å². The molecular weight excluding hydrogens is 295 g/mol. The first-order valence-electron chi connectivity index (χ1n) is 3.83. The molecule has 0 aliphatic rings. The summed E-state index contributed by atoms with van der Waals surface area (Å²) >= 11 is 2.90. The molecule has 0 aliphatic heterocycles. The number of nitrogens with zero attached hydrogens (tertiary/aromatic N) is 1. The molecule has 1 heterocycles. The zero-order valence-electron chi connectivity index (χ0n) is 7.84. The van der Waals surface area contributed by atoms with Crippen LogP contribution in [0.3, 0.4) is 0 Å². The van der Waals surface area contributed by atoms with Crippen molar-refractivity contribution < 1.29 is 27.4 Å². The summed E-state index contributed by atoms with van der Waals surface area (Å²) in [6, 6.07) is 0.885. The third-order valence-electron chi connectivity index (χ3n) is 1.45. The molecule has 0 atom stereocenters. The van der Waals surface area contributed by atoms with Gasteiger partial charge in [-0.15, -0.1) is 13.2 Å². The quantitative estimate of drug-likeness (QED) is 0.622. The molecular formula is C8H5BrF3NO3. The van der Waals surface area contributed by atoms with Gasteiger partial charge in [-0.3, -0.25) is 0 Å². The molecule has 1 aromatic rings. The van der Waals surface area contributed by atoms with Crippen LogP contribution in [-0.4, -0.2) is 24.4 Å². The smallest absolute Gasteiger partial charge is 0.465 e. The van der Waals surface area contributed by atoms with E-state index in [1.807, 2.05) is 0 Å². The molecule has 88 valence electrons. The van der Waals surface area contributed by atoms with Crippen molar-refractivity contribution in [2.24, 2.45) is 0 Å². The number of carbonyl (C=O) groups excluding carboxylic acids is 1. The highest BCUT2D eigenvalue weighted by atomic mass is 79.9. The number of aromatic nitrogens is 1. The second-order valence-corrected chi connectivity index (χ2v) is 3.30. The lowest BCUT2D eigenvalue weighted by atomic mass is 10.3. The number of ether oxygens (including phenoxy) is 2. The van der Waals surface area contributed by atoms with Crippen molar-refractivity contribution >= 4 is 21.9 Å². The number of halogens is 4. The predicted molar refractivity (Wildman–Crippen MR) is 50.0 cm³/mol. The van der Waals surface area contributed by atoms with Gasteiger partial charge in [0.25, 0.3) is 0 Å². The van der Waals surface area contributed by atoms with Gasteiger partial charge in [0.05, 0.1) is 18.9 Å². The zero-order valence-corrected chi connectivity index (χ0v) is 9.42. The monoisotopic (exact) mass is 299 g/mol. The molecule has 8 heteroatoms. The second-order valence-electron chi connectivity index (χ2n) is 2.55. The van der Waals surface area contributed by atoms with E-state index < -0.39 is 18.1 Å². The molecule has 4 nitrogen and oxygen atoms in total. The van der Waals surface area contributed by atoms with E-state index in [1.165, 1.54) is 0 Å². The largest absolute Gasteiger partial charge is 0.573 e. The van der Waals surface area contributed by atoms with Gasteiger partial charge in [-0.1, -0.05) is 0 Å². The first kappa shape index (κ1) is 12.8. The number of carbonyl (C=O) groups is 1. The Morgan fingerprint density at radius 2 is 2.12 bits per heavy atom. The van der Waals surface area contributed by atoms with Crippen LogP contribution in [0.2, 0.25) is 0 Å². The van der Waals surface area contributed by atoms with Gasteiger partial charge in [-0.25, -0.2) is 9.78 Å². The summed E-state index contributed by atoms with van der Waals surface area (Å²) in [5.74, 6) is -1.40. The lowest BCUT2D eigenvalue weighted by Gasteiger charge is -2.09. The molecule has 1 rings (SSSR count). The van der Waals surface area contributed by atoms with E-state index in [4.69, 9.17) is 0 Å². The van der Waals surface area contributed by atoms with E-state index in [9.17, 15) is 18.0 Å². The summed E-state index contributed by atoms with van der Waals surface area (Å²) in [5.41, 5.74) is -0.149. The fourth-order valence-electron chi connectivity index (χ4n) is 0.871. The summed E-state index contributed by atoms with van der Waals surface area (Å²) in [6.45, 7) is 0. The van der Waals surface area contributed by atoms with Crippen molar-refractivity contribution in [3.8, 4) is 5.75 Å². The Morgan fingerprint density at radius 1 is 1.50 bits per heavy atom. The van der Waals surface area contributed by atoms with Gasteiger partial charge in [0.15, 0.2) is 0 Å². The zero-order chi connectivity index (χ0) is 12.3. The van der Waals surface area contributed by atoms with Gasteiger partial charge >= 0.3 is 12.3 Å². The van der Waals surface area contributed by atoms with Crippen LogP contribution in [0.4, 0.5) is 13.2 Å². The van der Waals surface area contributed by atoms with Crippen LogP contribution in [0.1, 0.15) is 10.4 Å². The van der Waals surface area contributed by atoms with Crippen molar-refractivity contribution in [1.82, 2.24) is 4.98 Å². The van der Waals surface area contributed by atoms with Gasteiger partial charge in [0.1, 0.15) is 10.4 Å². The number of hydrogen-bond donors (Lipinski definition) is 0. The average molecular weight is 300 g/mol. The Kier molecular flexibility index (Phi) is 3.74. The van der Waals surface area contributed by atoms with Crippen molar-refractivity contribution in [2.45, 2.75) is 6.36 Å². The van der Waals surface area contributed by atoms with Gasteiger partial charge < -0.3 is 9.47 Å². The van der Waals surface area contributed by atoms with Gasteiger partial charge in [0.2, 0.25) is 0 Å². The maximum Gasteiger partial charge on any atom is 0.573 e. The first-order chi connectivity index (χ1) is 7.33. The summed E-state index contributed by atoms with van der Waals surface area (Å²) in [4.78, 5) is 14.6. The minimum Gasteiger partial charge on any atom is -0.465 e. The van der Waals surface area contributed by atoms with Crippen molar-refractivity contribution in [3.05, 3.63) is 22.4 Å². The Hall–Kier alpha value is -1.31. The molecule has 0 N–H and O–H groups in total. The van der Waals surface area contributed by atoms with E-state index in [2.05, 4.69) is 30.4 Å². The van der Waals surface area contributed by atoms with Crippen LogP contribution in [0.15, 0.2) is 16.9 Å². The molecule has 16 heavy (non-hydrogen) atoms. The standard InChI is InChI=1S/C8H5BrF3NO3/c1-15-7(14)5-2-4(3-13-6(5)9)16-8(10,11)12/h2-3H,1H3. The number of hydrogen-bond acceptors (Lipinski definition) is 4. The third-order valence-corrected chi connectivity index (χ3v) is 2.08. The lowest BCUT2D eigenvalue weighted by molar-refractivity contribution is -0.274. The van der Waals surface area contributed by atoms with Gasteiger partial charge in [-0.05, 0) is 22.0 Å². The van der Waals surface area contributed by atoms with E-state index in [1.54, 1.807) is 0 Å². The summed E-state index contributed by atoms with van der Waals surface area (Å²) in [7, 11) is 1.10. The Bertz CT molecular complexity index is 408. The maximum absolute atomic E-state index is 11.9. The molecule has 0 saturated heterocycles. The molecule has 0 amide bonds. The number of esters is 1. The minimum absolute atomic E-state index is 0.0777. The topological polar surface area (TPSA) is 48.4 Å². The fourth-order valence-corrected chi connectivity index (χ4v) is 1.25. The normalized spacial score (nSPS) is 11.1. The molecule has 0 unspecified atom stereocenters. The highest BCUT2D eigenvalue weighted by Crippen LogP contribution is 2.25. The fraction of sp³-hybridized carbons (Fsp3) is 0.250. The molecule has 0 aliphatic carbocycles. The van der Waals surface area contributed by atoms with Crippen LogP contribution in [0.5, 0.6) is 5.75 Å². The van der Waals surface area contributed by atoms with Crippen LogP contribution < -0.4 is 4.74 Å². The predicted octanol–water partition coefficient (Wildman–Crippen LogP) is 2.53. The van der Waals surface area contributed by atoms with E-state index in [0.717, 1.165) is 19.4 Å². The van der Waals surface area contributed by atoms with Gasteiger partial charge in [-0.2, -0.15) is 0 Å². The minimum atomic E-state index is -4.83. The lowest BCUT2D eigenvalue weighted by Crippen LogP contribution is -2.17. The highest BCUT2D eigenvalue weighted by Gasteiger charge is 2.31. The number of alkyl halides is 3. The Balaban J connectivity index is 3.03. The molecule has 0 bridgehead atoms. The first-order valence-corrected chi connectivity index (χ1v) is 4.62. The van der Waals surface area contributed by atoms with Gasteiger partial charge in [0, 0.05) is 0 Å². The second kappa shape index (κ2) is 4.69. The number of pyridine rings is 1. The molecule has 0 radical (unpaired) electrons. The van der Waals surface area contributed by atoms with Crippen LogP contribution in [0, 0.1) is 0 Å². The summed E-state index contributed by atoms with van der Waals surface area (Å²) in [5, 5.41) is 0. The maximum atomic E-state index is 11.9. The molecule has 0 aromatic carbocycles. The highest BCUT2D eigenvalue weighted by molar-refractivity contribution is 9.10. The molecule has 0 spiro atoms. The van der Waals surface area contributed by atoms with E-state index in [-0.39, 0.29) is 10.2 Å². The Morgan fingerprint density at radius 3 is 2.62 bits per heavy atom.